The van der Waals surface area contributed by atoms with Gasteiger partial charge < -0.3 is 10.1 Å². The van der Waals surface area contributed by atoms with Gasteiger partial charge in [0.25, 0.3) is 0 Å². The molecule has 0 aromatic carbocycles. The first-order valence-electron chi connectivity index (χ1n) is 7.09. The Hall–Kier alpha value is -0.630. The van der Waals surface area contributed by atoms with Gasteiger partial charge in [0.15, 0.2) is 0 Å². The molecule has 0 bridgehead atoms. The fraction of sp³-hybridized carbons (Fsp3) is 0.929. The number of hydrogen-bond acceptors (Lipinski definition) is 4. The number of rotatable bonds is 3. The van der Waals surface area contributed by atoms with Crippen LogP contribution in [0.4, 0.5) is 0 Å². The minimum absolute atomic E-state index is 0.198. The molecule has 2 heterocycles. The van der Waals surface area contributed by atoms with Gasteiger partial charge in [0.2, 0.25) is 0 Å². The molecular formula is C14H25N3O. The average Bonchev–Trinajstić information content (AvgIpc) is 2.76. The van der Waals surface area contributed by atoms with Gasteiger partial charge in [0.05, 0.1) is 18.6 Å². The number of nitrogens with one attached hydrogen (secondary N) is 1. The van der Waals surface area contributed by atoms with Crippen LogP contribution in [0.15, 0.2) is 0 Å². The first-order chi connectivity index (χ1) is 8.62. The van der Waals surface area contributed by atoms with Crippen LogP contribution in [-0.2, 0) is 4.74 Å². The van der Waals surface area contributed by atoms with Crippen molar-refractivity contribution < 1.29 is 4.74 Å². The fourth-order valence-corrected chi connectivity index (χ4v) is 2.92. The Morgan fingerprint density at radius 2 is 2.33 bits per heavy atom. The van der Waals surface area contributed by atoms with Gasteiger partial charge in [-0.2, -0.15) is 5.26 Å². The molecule has 2 aliphatic rings. The Balaban J connectivity index is 1.98. The predicted molar refractivity (Wildman–Crippen MR) is 71.3 cm³/mol. The Kier molecular flexibility index (Phi) is 4.60. The minimum Gasteiger partial charge on any atom is -0.377 e. The van der Waals surface area contributed by atoms with Crippen molar-refractivity contribution in [1.29, 1.82) is 5.26 Å². The molecule has 4 nitrogen and oxygen atoms in total. The lowest BCUT2D eigenvalue weighted by Gasteiger charge is -2.39. The Labute approximate surface area is 110 Å². The molecule has 2 aliphatic heterocycles. The van der Waals surface area contributed by atoms with Crippen LogP contribution in [0.3, 0.4) is 0 Å². The lowest BCUT2D eigenvalue weighted by Crippen LogP contribution is -2.49. The van der Waals surface area contributed by atoms with E-state index in [0.29, 0.717) is 18.6 Å². The monoisotopic (exact) mass is 251 g/mol. The van der Waals surface area contributed by atoms with Gasteiger partial charge in [-0.25, -0.2) is 0 Å². The molecular weight excluding hydrogens is 226 g/mol. The third-order valence-corrected chi connectivity index (χ3v) is 4.25. The van der Waals surface area contributed by atoms with E-state index in [0.717, 1.165) is 32.7 Å². The Morgan fingerprint density at radius 1 is 1.50 bits per heavy atom. The quantitative estimate of drug-likeness (QED) is 0.826. The van der Waals surface area contributed by atoms with Gasteiger partial charge in [-0.15, -0.1) is 0 Å². The highest BCUT2D eigenvalue weighted by Gasteiger charge is 2.33. The van der Waals surface area contributed by atoms with Crippen molar-refractivity contribution in [3.05, 3.63) is 0 Å². The van der Waals surface area contributed by atoms with Crippen LogP contribution in [0, 0.1) is 11.3 Å². The first kappa shape index (κ1) is 13.8. The van der Waals surface area contributed by atoms with Gasteiger partial charge in [-0.3, -0.25) is 4.90 Å². The Bertz CT molecular complexity index is 305. The molecule has 2 unspecified atom stereocenters. The second kappa shape index (κ2) is 6.01. The molecule has 1 N–H and O–H groups in total. The third-order valence-electron chi connectivity index (χ3n) is 4.25. The largest absolute Gasteiger partial charge is 0.377 e. The molecule has 2 atom stereocenters. The zero-order chi connectivity index (χ0) is 13.0. The zero-order valence-corrected chi connectivity index (χ0v) is 11.6. The molecule has 0 aliphatic carbocycles. The average molecular weight is 251 g/mol. The molecule has 0 spiro atoms. The van der Waals surface area contributed by atoms with Gasteiger partial charge in [-0.05, 0) is 39.7 Å². The van der Waals surface area contributed by atoms with Crippen LogP contribution in [-0.4, -0.2) is 48.8 Å². The second-order valence-electron chi connectivity index (χ2n) is 6.12. The summed E-state index contributed by atoms with van der Waals surface area (Å²) in [7, 11) is 0. The van der Waals surface area contributed by atoms with Crippen molar-refractivity contribution in [3.63, 3.8) is 0 Å². The Morgan fingerprint density at radius 3 is 3.00 bits per heavy atom. The highest BCUT2D eigenvalue weighted by Crippen LogP contribution is 2.24. The second-order valence-corrected chi connectivity index (χ2v) is 6.12. The van der Waals surface area contributed by atoms with Crippen LogP contribution in [0.1, 0.15) is 39.5 Å². The lowest BCUT2D eigenvalue weighted by atomic mass is 9.97. The van der Waals surface area contributed by atoms with Crippen molar-refractivity contribution in [2.24, 2.45) is 0 Å². The standard InChI is InChI=1S/C14H25N3O/c1-14(2)6-8-16-12(5-7-15)10-17(14)11-13-4-3-9-18-13/h12-13,16H,3-6,8-11H2,1-2H3. The van der Waals surface area contributed by atoms with Crippen LogP contribution in [0.5, 0.6) is 0 Å². The summed E-state index contributed by atoms with van der Waals surface area (Å²) in [5.41, 5.74) is 0.198. The number of nitriles is 1. The summed E-state index contributed by atoms with van der Waals surface area (Å²) in [6.45, 7) is 8.49. The molecule has 4 heteroatoms. The number of ether oxygens (including phenoxy) is 1. The van der Waals surface area contributed by atoms with E-state index in [9.17, 15) is 0 Å². The molecule has 0 aromatic rings. The fourth-order valence-electron chi connectivity index (χ4n) is 2.92. The van der Waals surface area contributed by atoms with Crippen LogP contribution in [0.25, 0.3) is 0 Å². The summed E-state index contributed by atoms with van der Waals surface area (Å²) < 4.78 is 5.76. The smallest absolute Gasteiger partial charge is 0.0703 e. The van der Waals surface area contributed by atoms with E-state index in [1.54, 1.807) is 0 Å². The van der Waals surface area contributed by atoms with Crippen molar-refractivity contribution in [1.82, 2.24) is 10.2 Å². The molecule has 0 amide bonds. The number of hydrogen-bond donors (Lipinski definition) is 1. The maximum atomic E-state index is 8.88. The maximum absolute atomic E-state index is 8.88. The molecule has 18 heavy (non-hydrogen) atoms. The number of nitrogens with zero attached hydrogens (tertiary/aromatic N) is 2. The van der Waals surface area contributed by atoms with Gasteiger partial charge in [0.1, 0.15) is 0 Å². The van der Waals surface area contributed by atoms with E-state index in [4.69, 9.17) is 10.00 Å². The topological polar surface area (TPSA) is 48.3 Å². The summed E-state index contributed by atoms with van der Waals surface area (Å²) in [5, 5.41) is 12.4. The van der Waals surface area contributed by atoms with Crippen molar-refractivity contribution in [3.8, 4) is 6.07 Å². The van der Waals surface area contributed by atoms with E-state index < -0.39 is 0 Å². The highest BCUT2D eigenvalue weighted by atomic mass is 16.5. The predicted octanol–water partition coefficient (Wildman–Crippen LogP) is 1.52. The summed E-state index contributed by atoms with van der Waals surface area (Å²) in [4.78, 5) is 2.52. The molecule has 2 rings (SSSR count). The molecule has 0 saturated carbocycles. The van der Waals surface area contributed by atoms with E-state index in [-0.39, 0.29) is 5.54 Å². The van der Waals surface area contributed by atoms with Crippen molar-refractivity contribution in [2.45, 2.75) is 57.2 Å². The van der Waals surface area contributed by atoms with Gasteiger partial charge >= 0.3 is 0 Å². The van der Waals surface area contributed by atoms with Crippen LogP contribution >= 0.6 is 0 Å². The molecule has 2 saturated heterocycles. The summed E-state index contributed by atoms with van der Waals surface area (Å²) in [6.07, 6.45) is 4.49. The van der Waals surface area contributed by atoms with E-state index in [1.165, 1.54) is 12.8 Å². The van der Waals surface area contributed by atoms with Gasteiger partial charge in [-0.1, -0.05) is 0 Å². The summed E-state index contributed by atoms with van der Waals surface area (Å²) in [5.74, 6) is 0. The van der Waals surface area contributed by atoms with Gasteiger partial charge in [0, 0.05) is 31.3 Å². The highest BCUT2D eigenvalue weighted by molar-refractivity contribution is 4.93. The molecule has 102 valence electrons. The van der Waals surface area contributed by atoms with Crippen LogP contribution in [0.2, 0.25) is 0 Å². The maximum Gasteiger partial charge on any atom is 0.0703 e. The first-order valence-corrected chi connectivity index (χ1v) is 7.09. The zero-order valence-electron chi connectivity index (χ0n) is 11.6. The minimum atomic E-state index is 0.198. The summed E-state index contributed by atoms with van der Waals surface area (Å²) >= 11 is 0. The van der Waals surface area contributed by atoms with E-state index >= 15 is 0 Å². The molecule has 0 radical (unpaired) electrons. The third kappa shape index (κ3) is 3.44. The molecule has 2 fully saturated rings. The van der Waals surface area contributed by atoms with Crippen LogP contribution < -0.4 is 5.32 Å². The van der Waals surface area contributed by atoms with Crippen molar-refractivity contribution in [2.75, 3.05) is 26.2 Å². The SMILES string of the molecule is CC1(C)CCNC(CC#N)CN1CC1CCCO1. The van der Waals surface area contributed by atoms with Crippen molar-refractivity contribution >= 4 is 0 Å². The molecule has 0 aromatic heterocycles. The van der Waals surface area contributed by atoms with E-state index in [2.05, 4.69) is 30.1 Å². The normalized spacial score (nSPS) is 32.9. The van der Waals surface area contributed by atoms with E-state index in [1.807, 2.05) is 0 Å². The summed E-state index contributed by atoms with van der Waals surface area (Å²) in [6, 6.07) is 2.59. The lowest BCUT2D eigenvalue weighted by molar-refractivity contribution is 0.0315.